The van der Waals surface area contributed by atoms with Gasteiger partial charge in [0, 0.05) is 18.6 Å². The Kier molecular flexibility index (Phi) is 3.98. The molecule has 1 aliphatic carbocycles. The molecule has 1 atom stereocenters. The van der Waals surface area contributed by atoms with Gasteiger partial charge in [0.25, 0.3) is 0 Å². The Balaban J connectivity index is 2.30. The number of hydrogen-bond donors (Lipinski definition) is 1. The molecule has 0 amide bonds. The fraction of sp³-hybridized carbons (Fsp3) is 0.500. The lowest BCUT2D eigenvalue weighted by molar-refractivity contribution is 0.508. The molecule has 0 spiro atoms. The predicted octanol–water partition coefficient (Wildman–Crippen LogP) is 1.63. The van der Waals surface area contributed by atoms with E-state index in [1.54, 1.807) is 0 Å². The van der Waals surface area contributed by atoms with Gasteiger partial charge in [0.2, 0.25) is 0 Å². The van der Waals surface area contributed by atoms with E-state index < -0.39 is 19.9 Å². The Bertz CT molecular complexity index is 681. The maximum Gasteiger partial charge on any atom is 0.328 e. The number of rotatable bonds is 3. The van der Waals surface area contributed by atoms with E-state index in [2.05, 4.69) is 8.49 Å². The second-order valence-corrected chi connectivity index (χ2v) is 9.14. The summed E-state index contributed by atoms with van der Waals surface area (Å²) in [6.45, 7) is 0. The highest BCUT2D eigenvalue weighted by Gasteiger charge is 2.24. The average molecular weight is 302 g/mol. The Morgan fingerprint density at radius 2 is 1.89 bits per heavy atom. The quantitative estimate of drug-likeness (QED) is 0.922. The molecule has 1 aromatic carbocycles. The molecule has 1 aliphatic rings. The largest absolute Gasteiger partial charge is 0.328 e. The van der Waals surface area contributed by atoms with Crippen LogP contribution in [0.25, 0.3) is 0 Å². The molecule has 2 rings (SSSR count). The summed E-state index contributed by atoms with van der Waals surface area (Å²) in [4.78, 5) is 0. The first-order valence-corrected chi connectivity index (χ1v) is 9.82. The number of hydrogen-bond acceptors (Lipinski definition) is 3. The molecule has 19 heavy (non-hydrogen) atoms. The number of aryl methyl sites for hydroxylation is 1. The third-order valence-electron chi connectivity index (χ3n) is 2.94. The van der Waals surface area contributed by atoms with Crippen LogP contribution in [0.15, 0.2) is 28.0 Å². The van der Waals surface area contributed by atoms with Crippen LogP contribution in [0.4, 0.5) is 0 Å². The molecule has 0 heterocycles. The lowest BCUT2D eigenvalue weighted by Crippen LogP contribution is -2.30. The second kappa shape index (κ2) is 5.22. The number of benzene rings is 1. The van der Waals surface area contributed by atoms with Gasteiger partial charge in [-0.15, -0.1) is 0 Å². The van der Waals surface area contributed by atoms with E-state index in [0.717, 1.165) is 30.4 Å². The van der Waals surface area contributed by atoms with Crippen molar-refractivity contribution in [3.05, 3.63) is 35.4 Å². The Hall–Kier alpha value is -0.920. The molecule has 0 bridgehead atoms. The van der Waals surface area contributed by atoms with Crippen molar-refractivity contribution in [1.82, 2.24) is 4.72 Å². The SMILES string of the molecule is CS(C)(=O)=NS(=O)(=O)NC1CCCc2ccccc21. The first-order valence-electron chi connectivity index (χ1n) is 6.05. The molecule has 0 saturated heterocycles. The lowest BCUT2D eigenvalue weighted by atomic mass is 9.88. The van der Waals surface area contributed by atoms with E-state index in [-0.39, 0.29) is 6.04 Å². The Morgan fingerprint density at radius 3 is 2.58 bits per heavy atom. The van der Waals surface area contributed by atoms with Gasteiger partial charge in [0.05, 0.1) is 9.73 Å². The molecule has 7 heteroatoms. The van der Waals surface area contributed by atoms with E-state index in [1.165, 1.54) is 12.5 Å². The van der Waals surface area contributed by atoms with Gasteiger partial charge in [-0.25, -0.2) is 4.21 Å². The van der Waals surface area contributed by atoms with Crippen molar-refractivity contribution >= 4 is 19.9 Å². The Morgan fingerprint density at radius 1 is 1.21 bits per heavy atom. The van der Waals surface area contributed by atoms with Crippen molar-refractivity contribution in [2.45, 2.75) is 25.3 Å². The molecular formula is C12H18N2O3S2. The van der Waals surface area contributed by atoms with Crippen LogP contribution in [0.2, 0.25) is 0 Å². The summed E-state index contributed by atoms with van der Waals surface area (Å²) in [7, 11) is -6.57. The van der Waals surface area contributed by atoms with Crippen LogP contribution in [0.3, 0.4) is 0 Å². The molecule has 0 fully saturated rings. The predicted molar refractivity (Wildman–Crippen MR) is 76.6 cm³/mol. The van der Waals surface area contributed by atoms with Gasteiger partial charge in [-0.3, -0.25) is 0 Å². The van der Waals surface area contributed by atoms with Gasteiger partial charge in [0.15, 0.2) is 0 Å². The fourth-order valence-electron chi connectivity index (χ4n) is 2.31. The summed E-state index contributed by atoms with van der Waals surface area (Å²) in [5, 5.41) is 0. The van der Waals surface area contributed by atoms with Crippen molar-refractivity contribution in [1.29, 1.82) is 0 Å². The van der Waals surface area contributed by atoms with Crippen LogP contribution in [-0.4, -0.2) is 25.1 Å². The highest BCUT2D eigenvalue weighted by Crippen LogP contribution is 2.30. The zero-order valence-electron chi connectivity index (χ0n) is 11.0. The van der Waals surface area contributed by atoms with Crippen molar-refractivity contribution in [3.8, 4) is 0 Å². The summed E-state index contributed by atoms with van der Waals surface area (Å²) >= 11 is 0. The number of fused-ring (bicyclic) bond motifs is 1. The van der Waals surface area contributed by atoms with E-state index in [0.29, 0.717) is 0 Å². The van der Waals surface area contributed by atoms with Gasteiger partial charge in [-0.05, 0) is 30.4 Å². The molecule has 106 valence electrons. The van der Waals surface area contributed by atoms with Crippen LogP contribution in [-0.2, 0) is 26.4 Å². The summed E-state index contributed by atoms with van der Waals surface area (Å²) < 4.78 is 41.2. The molecule has 1 N–H and O–H groups in total. The minimum Gasteiger partial charge on any atom is -0.249 e. The topological polar surface area (TPSA) is 75.6 Å². The zero-order valence-corrected chi connectivity index (χ0v) is 12.6. The van der Waals surface area contributed by atoms with Crippen LogP contribution < -0.4 is 4.72 Å². The van der Waals surface area contributed by atoms with Crippen LogP contribution in [0, 0.1) is 0 Å². The van der Waals surface area contributed by atoms with Crippen molar-refractivity contribution < 1.29 is 12.6 Å². The first kappa shape index (κ1) is 14.5. The summed E-state index contributed by atoms with van der Waals surface area (Å²) in [5.41, 5.74) is 2.15. The maximum atomic E-state index is 11.9. The maximum absolute atomic E-state index is 11.9. The van der Waals surface area contributed by atoms with E-state index in [9.17, 15) is 12.6 Å². The molecule has 1 unspecified atom stereocenters. The molecule has 1 aromatic rings. The number of nitrogens with one attached hydrogen (secondary N) is 1. The molecule has 5 nitrogen and oxygen atoms in total. The van der Waals surface area contributed by atoms with Gasteiger partial charge >= 0.3 is 10.2 Å². The van der Waals surface area contributed by atoms with Crippen LogP contribution >= 0.6 is 0 Å². The lowest BCUT2D eigenvalue weighted by Gasteiger charge is -2.25. The third-order valence-corrected chi connectivity index (χ3v) is 5.74. The van der Waals surface area contributed by atoms with Crippen molar-refractivity contribution in [2.75, 3.05) is 12.5 Å². The molecule has 0 aliphatic heterocycles. The Labute approximate surface area is 114 Å². The fourth-order valence-corrected chi connectivity index (χ4v) is 4.98. The highest BCUT2D eigenvalue weighted by atomic mass is 32.3. The normalized spacial score (nSPS) is 19.8. The molecular weight excluding hydrogens is 284 g/mol. The summed E-state index contributed by atoms with van der Waals surface area (Å²) in [6.07, 6.45) is 5.24. The van der Waals surface area contributed by atoms with E-state index >= 15 is 0 Å². The van der Waals surface area contributed by atoms with E-state index in [4.69, 9.17) is 0 Å². The molecule has 0 aromatic heterocycles. The van der Waals surface area contributed by atoms with Crippen LogP contribution in [0.5, 0.6) is 0 Å². The third kappa shape index (κ3) is 4.02. The van der Waals surface area contributed by atoms with Crippen molar-refractivity contribution in [2.24, 2.45) is 3.77 Å². The average Bonchev–Trinajstić information content (AvgIpc) is 2.25. The zero-order chi connectivity index (χ0) is 14.1. The van der Waals surface area contributed by atoms with Crippen molar-refractivity contribution in [3.63, 3.8) is 0 Å². The van der Waals surface area contributed by atoms with Gasteiger partial charge in [-0.2, -0.15) is 13.1 Å². The summed E-state index contributed by atoms with van der Waals surface area (Å²) in [5.74, 6) is 0. The highest BCUT2D eigenvalue weighted by molar-refractivity contribution is 8.01. The first-order chi connectivity index (χ1) is 8.77. The molecule has 0 radical (unpaired) electrons. The second-order valence-electron chi connectivity index (χ2n) is 4.99. The van der Waals surface area contributed by atoms with Gasteiger partial charge < -0.3 is 0 Å². The van der Waals surface area contributed by atoms with Gasteiger partial charge in [-0.1, -0.05) is 28.0 Å². The van der Waals surface area contributed by atoms with Gasteiger partial charge in [0.1, 0.15) is 0 Å². The van der Waals surface area contributed by atoms with Crippen LogP contribution in [0.1, 0.15) is 30.0 Å². The standard InChI is InChI=1S/C12H18N2O3S2/c1-18(2,15)14-19(16,17)13-12-9-5-7-10-6-3-4-8-11(10)12/h3-4,6,8,12-13H,5,7,9H2,1-2H3. The van der Waals surface area contributed by atoms with E-state index in [1.807, 2.05) is 24.3 Å². The minimum atomic E-state index is -3.88. The smallest absolute Gasteiger partial charge is 0.249 e. The summed E-state index contributed by atoms with van der Waals surface area (Å²) in [6, 6.07) is 7.50. The monoisotopic (exact) mass is 302 g/mol. The number of nitrogens with zero attached hydrogens (tertiary/aromatic N) is 1. The molecule has 0 saturated carbocycles. The minimum absolute atomic E-state index is 0.277.